The Hall–Kier alpha value is -1.25. The van der Waals surface area contributed by atoms with Crippen molar-refractivity contribution in [1.29, 1.82) is 0 Å². The third-order valence-electron chi connectivity index (χ3n) is 9.93. The molecule has 1 heterocycles. The minimum Gasteiger partial charge on any atom is -0.346 e. The lowest BCUT2D eigenvalue weighted by atomic mass is 9.65. The monoisotopic (exact) mass is 544 g/mol. The summed E-state index contributed by atoms with van der Waals surface area (Å²) in [6, 6.07) is 1.56. The first-order valence-electron chi connectivity index (χ1n) is 14.6. The lowest BCUT2D eigenvalue weighted by Gasteiger charge is -2.42. The molecule has 1 aromatic carbocycles. The van der Waals surface area contributed by atoms with Crippen LogP contribution in [-0.4, -0.2) is 25.4 Å². The molecule has 4 aliphatic rings. The van der Waals surface area contributed by atoms with Gasteiger partial charge in [0.15, 0.2) is 23.7 Å². The Morgan fingerprint density at radius 1 is 0.684 bits per heavy atom. The van der Waals surface area contributed by atoms with Crippen LogP contribution in [-0.2, 0) is 14.2 Å². The number of halogens is 5. The molecule has 1 aliphatic heterocycles. The molecule has 0 amide bonds. The molecule has 4 fully saturated rings. The third kappa shape index (κ3) is 6.55. The van der Waals surface area contributed by atoms with Crippen LogP contribution < -0.4 is 0 Å². The van der Waals surface area contributed by atoms with Gasteiger partial charge in [0.25, 0.3) is 0 Å². The molecule has 5 rings (SSSR count). The molecule has 8 heteroatoms. The maximum atomic E-state index is 15.0. The summed E-state index contributed by atoms with van der Waals surface area (Å²) in [5.41, 5.74) is -0.0488. The van der Waals surface area contributed by atoms with Crippen LogP contribution in [0.1, 0.15) is 95.8 Å². The summed E-state index contributed by atoms with van der Waals surface area (Å²) in [6.07, 6.45) is 7.72. The molecule has 0 N–H and O–H groups in total. The Labute approximate surface area is 222 Å². The molecule has 38 heavy (non-hydrogen) atoms. The van der Waals surface area contributed by atoms with E-state index in [1.54, 1.807) is 0 Å². The number of alkyl halides is 2. The quantitative estimate of drug-likeness (QED) is 0.265. The van der Waals surface area contributed by atoms with Crippen molar-refractivity contribution >= 4 is 0 Å². The highest BCUT2D eigenvalue weighted by Crippen LogP contribution is 2.48. The zero-order chi connectivity index (χ0) is 26.9. The first kappa shape index (κ1) is 28.3. The van der Waals surface area contributed by atoms with E-state index in [-0.39, 0.29) is 18.8 Å². The molecule has 1 aromatic rings. The number of rotatable bonds is 6. The SMILES string of the molecule is CC1CCC(C2CCC(C3CCC(C(F)(F)OC4COC(c5cc(F)c(F)c(F)c5)OC4)CC3)CC2)CC1. The summed E-state index contributed by atoms with van der Waals surface area (Å²) >= 11 is 0. The summed E-state index contributed by atoms with van der Waals surface area (Å²) < 4.78 is 86.2. The Kier molecular flexibility index (Phi) is 9.00. The zero-order valence-electron chi connectivity index (χ0n) is 22.3. The number of hydrogen-bond acceptors (Lipinski definition) is 3. The van der Waals surface area contributed by atoms with E-state index in [4.69, 9.17) is 14.2 Å². The van der Waals surface area contributed by atoms with Crippen LogP contribution in [0.2, 0.25) is 0 Å². The molecule has 214 valence electrons. The lowest BCUT2D eigenvalue weighted by molar-refractivity contribution is -0.334. The molecule has 0 radical (unpaired) electrons. The van der Waals surface area contributed by atoms with Gasteiger partial charge >= 0.3 is 6.11 Å². The maximum absolute atomic E-state index is 15.0. The van der Waals surface area contributed by atoms with E-state index in [0.29, 0.717) is 24.7 Å². The summed E-state index contributed by atoms with van der Waals surface area (Å²) in [4.78, 5) is 0. The molecular formula is C30H41F5O3. The minimum atomic E-state index is -3.29. The van der Waals surface area contributed by atoms with Crippen molar-refractivity contribution in [2.45, 2.75) is 102 Å². The second-order valence-corrected chi connectivity index (χ2v) is 12.4. The summed E-state index contributed by atoms with van der Waals surface area (Å²) in [7, 11) is 0. The molecule has 3 nitrogen and oxygen atoms in total. The molecule has 0 atom stereocenters. The highest BCUT2D eigenvalue weighted by atomic mass is 19.3. The minimum absolute atomic E-state index is 0.0488. The molecule has 0 spiro atoms. The molecule has 0 aromatic heterocycles. The van der Waals surface area contributed by atoms with Crippen LogP contribution >= 0.6 is 0 Å². The Balaban J connectivity index is 1.04. The highest BCUT2D eigenvalue weighted by Gasteiger charge is 2.46. The normalized spacial score (nSPS) is 37.2. The van der Waals surface area contributed by atoms with E-state index in [1.165, 1.54) is 51.4 Å². The third-order valence-corrected chi connectivity index (χ3v) is 9.93. The van der Waals surface area contributed by atoms with Crippen LogP contribution in [0.4, 0.5) is 22.0 Å². The van der Waals surface area contributed by atoms with Gasteiger partial charge in [-0.2, -0.15) is 8.78 Å². The number of benzene rings is 1. The topological polar surface area (TPSA) is 27.7 Å². The smallest absolute Gasteiger partial charge is 0.346 e. The van der Waals surface area contributed by atoms with Crippen LogP contribution in [0, 0.1) is 53.0 Å². The van der Waals surface area contributed by atoms with Gasteiger partial charge in [-0.3, -0.25) is 0 Å². The average molecular weight is 545 g/mol. The fraction of sp³-hybridized carbons (Fsp3) is 0.800. The average Bonchev–Trinajstić information content (AvgIpc) is 2.92. The van der Waals surface area contributed by atoms with Crippen molar-refractivity contribution in [2.24, 2.45) is 35.5 Å². The van der Waals surface area contributed by atoms with Crippen molar-refractivity contribution < 1.29 is 36.2 Å². The van der Waals surface area contributed by atoms with Gasteiger partial charge < -0.3 is 14.2 Å². The Morgan fingerprint density at radius 3 is 1.58 bits per heavy atom. The van der Waals surface area contributed by atoms with Crippen molar-refractivity contribution in [1.82, 2.24) is 0 Å². The van der Waals surface area contributed by atoms with Crippen molar-refractivity contribution in [3.8, 4) is 0 Å². The summed E-state index contributed by atoms with van der Waals surface area (Å²) in [5.74, 6) is -1.28. The standard InChI is InChI=1S/C30H41F5O3/c1-18-2-4-19(5-3-18)20-6-8-21(9-7-20)22-10-12-24(13-11-22)30(34,35)38-25-16-36-29(37-17-25)23-14-26(31)28(33)27(32)15-23/h14-15,18-22,24-25,29H,2-13,16-17H2,1H3. The van der Waals surface area contributed by atoms with Crippen LogP contribution in [0.3, 0.4) is 0 Å². The summed E-state index contributed by atoms with van der Waals surface area (Å²) in [5, 5.41) is 0. The number of hydrogen-bond donors (Lipinski definition) is 0. The number of ether oxygens (including phenoxy) is 3. The zero-order valence-corrected chi connectivity index (χ0v) is 22.3. The van der Waals surface area contributed by atoms with Gasteiger partial charge in [0, 0.05) is 5.56 Å². The van der Waals surface area contributed by atoms with Crippen LogP contribution in [0.25, 0.3) is 0 Å². The van der Waals surface area contributed by atoms with Crippen LogP contribution in [0.15, 0.2) is 12.1 Å². The van der Waals surface area contributed by atoms with Gasteiger partial charge in [0.2, 0.25) is 0 Å². The Bertz CT molecular complexity index is 887. The molecule has 3 aliphatic carbocycles. The van der Waals surface area contributed by atoms with E-state index in [1.807, 2.05) is 0 Å². The van der Waals surface area contributed by atoms with Gasteiger partial charge in [-0.05, 0) is 106 Å². The van der Waals surface area contributed by atoms with Gasteiger partial charge in [-0.15, -0.1) is 0 Å². The van der Waals surface area contributed by atoms with Crippen molar-refractivity contribution in [2.75, 3.05) is 13.2 Å². The highest BCUT2D eigenvalue weighted by molar-refractivity contribution is 5.20. The molecule has 0 unspecified atom stereocenters. The maximum Gasteiger partial charge on any atom is 0.358 e. The van der Waals surface area contributed by atoms with Gasteiger partial charge in [0.05, 0.1) is 19.1 Å². The second kappa shape index (κ2) is 12.1. The Morgan fingerprint density at radius 2 is 1.11 bits per heavy atom. The first-order valence-corrected chi connectivity index (χ1v) is 14.6. The van der Waals surface area contributed by atoms with E-state index in [2.05, 4.69) is 6.92 Å². The van der Waals surface area contributed by atoms with Crippen molar-refractivity contribution in [3.05, 3.63) is 35.1 Å². The first-order chi connectivity index (χ1) is 18.2. The van der Waals surface area contributed by atoms with Gasteiger partial charge in [-0.1, -0.05) is 19.8 Å². The van der Waals surface area contributed by atoms with E-state index in [0.717, 1.165) is 42.7 Å². The van der Waals surface area contributed by atoms with Gasteiger partial charge in [-0.25, -0.2) is 13.2 Å². The van der Waals surface area contributed by atoms with Gasteiger partial charge in [0.1, 0.15) is 6.10 Å². The summed E-state index contributed by atoms with van der Waals surface area (Å²) in [6.45, 7) is 1.95. The van der Waals surface area contributed by atoms with E-state index in [9.17, 15) is 13.2 Å². The largest absolute Gasteiger partial charge is 0.358 e. The lowest BCUT2D eigenvalue weighted by Crippen LogP contribution is -2.43. The van der Waals surface area contributed by atoms with Crippen LogP contribution in [0.5, 0.6) is 0 Å². The molecule has 1 saturated heterocycles. The van der Waals surface area contributed by atoms with E-state index < -0.39 is 41.9 Å². The molecule has 3 saturated carbocycles. The fourth-order valence-corrected chi connectivity index (χ4v) is 7.55. The second-order valence-electron chi connectivity index (χ2n) is 12.4. The van der Waals surface area contributed by atoms with Crippen molar-refractivity contribution in [3.63, 3.8) is 0 Å². The predicted octanol–water partition coefficient (Wildman–Crippen LogP) is 8.57. The fourth-order valence-electron chi connectivity index (χ4n) is 7.55. The van der Waals surface area contributed by atoms with E-state index >= 15 is 8.78 Å². The predicted molar refractivity (Wildman–Crippen MR) is 133 cm³/mol. The molecule has 0 bridgehead atoms. The molecular weight excluding hydrogens is 503 g/mol.